The number of Topliss-reactive ketones (excluding diaryl/α,β-unsaturated/α-hetero) is 1. The Labute approximate surface area is 199 Å². The SMILES string of the molecule is CCN(CC)CCCN1C(=O)C(=O)C(=C(O)c2c(C)[nH]c(C(=O)OC)c2C)[C@H]1c1cccnc1. The van der Waals surface area contributed by atoms with Gasteiger partial charge in [-0.05, 0) is 57.1 Å². The second-order valence-corrected chi connectivity index (χ2v) is 8.28. The summed E-state index contributed by atoms with van der Waals surface area (Å²) in [5, 5.41) is 11.4. The smallest absolute Gasteiger partial charge is 0.354 e. The number of nitrogens with zero attached hydrogens (tertiary/aromatic N) is 3. The number of aryl methyl sites for hydroxylation is 1. The van der Waals surface area contributed by atoms with Crippen molar-refractivity contribution in [3.05, 3.63) is 58.2 Å². The maximum atomic E-state index is 13.2. The number of carbonyl (C=O) groups excluding carboxylic acids is 3. The van der Waals surface area contributed by atoms with Crippen molar-refractivity contribution in [3.63, 3.8) is 0 Å². The number of nitrogens with one attached hydrogen (secondary N) is 1. The monoisotopic (exact) mass is 468 g/mol. The Morgan fingerprint density at radius 3 is 2.56 bits per heavy atom. The molecule has 0 bridgehead atoms. The summed E-state index contributed by atoms with van der Waals surface area (Å²) in [6.07, 6.45) is 3.89. The number of rotatable bonds is 9. The first-order valence-electron chi connectivity index (χ1n) is 11.4. The van der Waals surface area contributed by atoms with Crippen molar-refractivity contribution < 1.29 is 24.2 Å². The number of ketones is 1. The fourth-order valence-corrected chi connectivity index (χ4v) is 4.55. The number of esters is 1. The molecule has 1 amide bonds. The van der Waals surface area contributed by atoms with Crippen LogP contribution in [0.15, 0.2) is 30.1 Å². The van der Waals surface area contributed by atoms with Crippen molar-refractivity contribution in [1.82, 2.24) is 19.8 Å². The van der Waals surface area contributed by atoms with Crippen molar-refractivity contribution >= 4 is 23.4 Å². The van der Waals surface area contributed by atoms with E-state index in [1.165, 1.54) is 12.0 Å². The van der Waals surface area contributed by atoms with E-state index in [-0.39, 0.29) is 17.0 Å². The van der Waals surface area contributed by atoms with Gasteiger partial charge in [-0.2, -0.15) is 0 Å². The fraction of sp³-hybridized carbons (Fsp3) is 0.440. The topological polar surface area (TPSA) is 116 Å². The molecule has 182 valence electrons. The first-order valence-corrected chi connectivity index (χ1v) is 11.4. The third kappa shape index (κ3) is 4.61. The van der Waals surface area contributed by atoms with E-state index < -0.39 is 23.7 Å². The first kappa shape index (κ1) is 25.2. The summed E-state index contributed by atoms with van der Waals surface area (Å²) < 4.78 is 4.81. The number of H-pyrrole nitrogens is 1. The van der Waals surface area contributed by atoms with Crippen LogP contribution in [0.5, 0.6) is 0 Å². The van der Waals surface area contributed by atoms with Crippen LogP contribution in [0.1, 0.15) is 59.2 Å². The van der Waals surface area contributed by atoms with Crippen molar-refractivity contribution in [2.45, 2.75) is 40.2 Å². The summed E-state index contributed by atoms with van der Waals surface area (Å²) in [5.41, 5.74) is 2.06. The number of aliphatic hydroxyl groups is 1. The lowest BCUT2D eigenvalue weighted by Gasteiger charge is -2.26. The molecule has 1 atom stereocenters. The molecule has 1 saturated heterocycles. The third-order valence-corrected chi connectivity index (χ3v) is 6.37. The van der Waals surface area contributed by atoms with E-state index in [9.17, 15) is 19.5 Å². The number of hydrogen-bond acceptors (Lipinski definition) is 7. The minimum absolute atomic E-state index is 0.0116. The van der Waals surface area contributed by atoms with Gasteiger partial charge >= 0.3 is 5.97 Å². The van der Waals surface area contributed by atoms with Crippen LogP contribution in [0.2, 0.25) is 0 Å². The Balaban J connectivity index is 2.09. The predicted octanol–water partition coefficient (Wildman–Crippen LogP) is 2.97. The van der Waals surface area contributed by atoms with Crippen molar-refractivity contribution in [3.8, 4) is 0 Å². The van der Waals surface area contributed by atoms with Crippen LogP contribution in [0.25, 0.3) is 5.76 Å². The van der Waals surface area contributed by atoms with E-state index in [2.05, 4.69) is 28.7 Å². The maximum absolute atomic E-state index is 13.2. The minimum atomic E-state index is -0.777. The van der Waals surface area contributed by atoms with Gasteiger partial charge in [-0.1, -0.05) is 19.9 Å². The number of ether oxygens (including phenoxy) is 1. The van der Waals surface area contributed by atoms with E-state index in [0.29, 0.717) is 35.3 Å². The second-order valence-electron chi connectivity index (χ2n) is 8.28. The minimum Gasteiger partial charge on any atom is -0.507 e. The molecule has 0 spiro atoms. The number of amides is 1. The number of aliphatic hydroxyl groups excluding tert-OH is 1. The van der Waals surface area contributed by atoms with Crippen molar-refractivity contribution in [1.29, 1.82) is 0 Å². The number of aromatic amines is 1. The van der Waals surface area contributed by atoms with Crippen LogP contribution in [-0.2, 0) is 14.3 Å². The van der Waals surface area contributed by atoms with E-state index in [0.717, 1.165) is 19.6 Å². The normalized spacial score (nSPS) is 17.6. The van der Waals surface area contributed by atoms with Gasteiger partial charge in [0.25, 0.3) is 11.7 Å². The van der Waals surface area contributed by atoms with Gasteiger partial charge in [0.1, 0.15) is 11.5 Å². The average molecular weight is 469 g/mol. The molecule has 2 aromatic rings. The Bertz CT molecular complexity index is 1100. The van der Waals surface area contributed by atoms with Gasteiger partial charge in [0.15, 0.2) is 0 Å². The summed E-state index contributed by atoms with van der Waals surface area (Å²) in [5.74, 6) is -2.32. The van der Waals surface area contributed by atoms with Gasteiger partial charge in [-0.15, -0.1) is 0 Å². The van der Waals surface area contributed by atoms with E-state index in [4.69, 9.17) is 4.74 Å². The molecule has 1 aliphatic rings. The molecule has 0 radical (unpaired) electrons. The zero-order valence-corrected chi connectivity index (χ0v) is 20.3. The number of methoxy groups -OCH3 is 1. The summed E-state index contributed by atoms with van der Waals surface area (Å²) >= 11 is 0. The molecule has 0 aliphatic carbocycles. The molecule has 3 rings (SSSR count). The molecular formula is C25H32N4O5. The molecule has 3 heterocycles. The molecule has 0 saturated carbocycles. The quantitative estimate of drug-likeness (QED) is 0.252. The Hall–Kier alpha value is -3.46. The lowest BCUT2D eigenvalue weighted by molar-refractivity contribution is -0.140. The Kier molecular flexibility index (Phi) is 7.88. The standard InChI is InChI=1S/C25H32N4O5/c1-6-28(7-2)12-9-13-29-21(17-10-8-11-26-14-17)19(23(31)24(29)32)22(30)18-15(3)20(25(33)34-5)27-16(18)4/h8,10-11,14,21,27,30H,6-7,9,12-13H2,1-5H3/t21-/m1/s1. The van der Waals surface area contributed by atoms with Crippen LogP contribution in [0.3, 0.4) is 0 Å². The lowest BCUT2D eigenvalue weighted by atomic mass is 9.95. The molecular weight excluding hydrogens is 436 g/mol. The Morgan fingerprint density at radius 1 is 1.26 bits per heavy atom. The van der Waals surface area contributed by atoms with Gasteiger partial charge < -0.3 is 24.6 Å². The van der Waals surface area contributed by atoms with Crippen LogP contribution in [0.4, 0.5) is 0 Å². The summed E-state index contributed by atoms with van der Waals surface area (Å²) in [6, 6.07) is 2.74. The number of carbonyl (C=O) groups is 3. The highest BCUT2D eigenvalue weighted by atomic mass is 16.5. The highest BCUT2D eigenvalue weighted by Gasteiger charge is 2.46. The number of pyridine rings is 1. The molecule has 1 aliphatic heterocycles. The summed E-state index contributed by atoms with van der Waals surface area (Å²) in [7, 11) is 1.27. The van der Waals surface area contributed by atoms with Gasteiger partial charge in [0.05, 0.1) is 18.7 Å². The average Bonchev–Trinajstić information content (AvgIpc) is 3.28. The van der Waals surface area contributed by atoms with E-state index in [1.54, 1.807) is 38.4 Å². The number of aromatic nitrogens is 2. The van der Waals surface area contributed by atoms with Crippen LogP contribution in [-0.4, -0.2) is 75.8 Å². The molecule has 9 nitrogen and oxygen atoms in total. The number of likely N-dealkylation sites (tertiary alicyclic amines) is 1. The number of hydrogen-bond donors (Lipinski definition) is 2. The molecule has 2 aromatic heterocycles. The second kappa shape index (κ2) is 10.6. The molecule has 1 fully saturated rings. The highest BCUT2D eigenvalue weighted by molar-refractivity contribution is 6.46. The maximum Gasteiger partial charge on any atom is 0.354 e. The van der Waals surface area contributed by atoms with Crippen LogP contribution < -0.4 is 0 Å². The van der Waals surface area contributed by atoms with Gasteiger partial charge in [0.2, 0.25) is 0 Å². The predicted molar refractivity (Wildman–Crippen MR) is 127 cm³/mol. The summed E-state index contributed by atoms with van der Waals surface area (Å²) in [6.45, 7) is 10.4. The zero-order chi connectivity index (χ0) is 25.0. The van der Waals surface area contributed by atoms with Gasteiger partial charge in [-0.3, -0.25) is 14.6 Å². The van der Waals surface area contributed by atoms with Gasteiger partial charge in [-0.25, -0.2) is 4.79 Å². The lowest BCUT2D eigenvalue weighted by Crippen LogP contribution is -2.33. The molecule has 2 N–H and O–H groups in total. The van der Waals surface area contributed by atoms with Crippen molar-refractivity contribution in [2.24, 2.45) is 0 Å². The third-order valence-electron chi connectivity index (χ3n) is 6.37. The largest absolute Gasteiger partial charge is 0.507 e. The molecule has 0 unspecified atom stereocenters. The Morgan fingerprint density at radius 2 is 1.97 bits per heavy atom. The van der Waals surface area contributed by atoms with Crippen LogP contribution >= 0.6 is 0 Å². The van der Waals surface area contributed by atoms with E-state index >= 15 is 0 Å². The van der Waals surface area contributed by atoms with Crippen LogP contribution in [0, 0.1) is 13.8 Å². The molecule has 9 heteroatoms. The molecule has 34 heavy (non-hydrogen) atoms. The fourth-order valence-electron chi connectivity index (χ4n) is 4.55. The van der Waals surface area contributed by atoms with E-state index in [1.807, 2.05) is 0 Å². The first-order chi connectivity index (χ1) is 16.3. The zero-order valence-electron chi connectivity index (χ0n) is 20.3. The van der Waals surface area contributed by atoms with Gasteiger partial charge in [0, 0.05) is 30.2 Å². The summed E-state index contributed by atoms with van der Waals surface area (Å²) in [4.78, 5) is 49.3. The van der Waals surface area contributed by atoms with Crippen molar-refractivity contribution in [2.75, 3.05) is 33.3 Å². The highest BCUT2D eigenvalue weighted by Crippen LogP contribution is 2.40. The molecule has 0 aromatic carbocycles.